The first-order chi connectivity index (χ1) is 7.91. The molecule has 0 bridgehead atoms. The molecule has 5 nitrogen and oxygen atoms in total. The second-order valence-corrected chi connectivity index (χ2v) is 5.35. The van der Waals surface area contributed by atoms with E-state index in [0.29, 0.717) is 17.2 Å². The quantitative estimate of drug-likeness (QED) is 0.849. The molecule has 92 valence electrons. The number of nitrogens with zero attached hydrogens (tertiary/aromatic N) is 1. The Labute approximate surface area is 96.4 Å². The summed E-state index contributed by atoms with van der Waals surface area (Å²) < 4.78 is 47.2. The van der Waals surface area contributed by atoms with E-state index in [0.717, 1.165) is 12.1 Å². The van der Waals surface area contributed by atoms with Crippen LogP contribution in [0.25, 0.3) is 0 Å². The number of benzene rings is 1. The number of hydrazine groups is 1. The number of hydrogen-bond donors (Lipinski definition) is 2. The third-order valence-corrected chi connectivity index (χ3v) is 3.58. The van der Waals surface area contributed by atoms with Gasteiger partial charge in [-0.15, -0.1) is 0 Å². The summed E-state index contributed by atoms with van der Waals surface area (Å²) in [6.07, 6.45) is 0. The van der Waals surface area contributed by atoms with Crippen LogP contribution in [-0.4, -0.2) is 20.0 Å². The number of nitrogens with one attached hydrogen (secondary N) is 2. The van der Waals surface area contributed by atoms with Gasteiger partial charge in [-0.2, -0.15) is 8.78 Å². The molecule has 0 saturated heterocycles. The van der Waals surface area contributed by atoms with Crippen molar-refractivity contribution in [1.82, 2.24) is 5.43 Å². The molecule has 17 heavy (non-hydrogen) atoms. The third-order valence-electron chi connectivity index (χ3n) is 2.20. The molecular weight excluding hydrogens is 252 g/mol. The zero-order chi connectivity index (χ0) is 12.6. The topological polar surface area (TPSA) is 70.6 Å². The maximum absolute atomic E-state index is 12.4. The first kappa shape index (κ1) is 11.8. The van der Waals surface area contributed by atoms with E-state index in [4.69, 9.17) is 0 Å². The van der Waals surface area contributed by atoms with Crippen LogP contribution < -0.4 is 10.9 Å². The van der Waals surface area contributed by atoms with Gasteiger partial charge in [0.15, 0.2) is 0 Å². The van der Waals surface area contributed by atoms with Crippen LogP contribution in [0.3, 0.4) is 0 Å². The Balaban J connectivity index is 2.52. The fraction of sp³-hybridized carbons (Fsp3) is 0.222. The van der Waals surface area contributed by atoms with Crippen LogP contribution in [-0.2, 0) is 9.84 Å². The number of fused-ring (bicyclic) bond motifs is 1. The van der Waals surface area contributed by atoms with Crippen LogP contribution in [0.4, 0.5) is 20.2 Å². The molecule has 1 aromatic rings. The van der Waals surface area contributed by atoms with E-state index in [1.54, 1.807) is 6.92 Å². The predicted molar refractivity (Wildman–Crippen MR) is 59.2 cm³/mol. The monoisotopic (exact) mass is 261 g/mol. The Hall–Kier alpha value is -1.70. The Morgan fingerprint density at radius 2 is 2.00 bits per heavy atom. The highest BCUT2D eigenvalue weighted by molar-refractivity contribution is 7.91. The third kappa shape index (κ3) is 2.07. The molecule has 0 amide bonds. The van der Waals surface area contributed by atoms with Crippen LogP contribution >= 0.6 is 0 Å². The van der Waals surface area contributed by atoms with Gasteiger partial charge in [0.25, 0.3) is 0 Å². The van der Waals surface area contributed by atoms with Crippen molar-refractivity contribution in [3.63, 3.8) is 0 Å². The summed E-state index contributed by atoms with van der Waals surface area (Å²) in [6.45, 7) is 1.66. The largest absolute Gasteiger partial charge is 0.341 e. The summed E-state index contributed by atoms with van der Waals surface area (Å²) in [5.74, 6) is -2.91. The van der Waals surface area contributed by atoms with E-state index in [1.807, 2.05) is 0 Å². The number of anilines is 1. The fourth-order valence-electron chi connectivity index (χ4n) is 1.36. The average molecular weight is 261 g/mol. The normalized spacial score (nSPS) is 14.7. The van der Waals surface area contributed by atoms with Crippen molar-refractivity contribution in [2.75, 3.05) is 5.43 Å². The molecule has 1 heterocycles. The SMILES string of the molecule is CC1=Nc2cc(S(=O)(=O)C(F)F)ccc2NN1. The maximum atomic E-state index is 12.4. The summed E-state index contributed by atoms with van der Waals surface area (Å²) >= 11 is 0. The fourth-order valence-corrected chi connectivity index (χ4v) is 2.10. The summed E-state index contributed by atoms with van der Waals surface area (Å²) in [5.41, 5.74) is 6.32. The summed E-state index contributed by atoms with van der Waals surface area (Å²) in [4.78, 5) is 3.57. The van der Waals surface area contributed by atoms with Crippen LogP contribution in [0.1, 0.15) is 6.92 Å². The standard InChI is InChI=1S/C9H9F2N3O2S/c1-5-12-8-4-6(17(15,16)9(10)11)2-3-7(8)14-13-5/h2-4,9,14H,1H3,(H,12,13). The number of amidine groups is 1. The number of hydrogen-bond acceptors (Lipinski definition) is 5. The number of halogens is 2. The second kappa shape index (κ2) is 3.95. The molecule has 2 rings (SSSR count). The van der Waals surface area contributed by atoms with Crippen LogP contribution in [0.15, 0.2) is 28.1 Å². The summed E-state index contributed by atoms with van der Waals surface area (Å²) in [7, 11) is -4.58. The Morgan fingerprint density at radius 1 is 1.29 bits per heavy atom. The minimum Gasteiger partial charge on any atom is -0.298 e. The van der Waals surface area contributed by atoms with Gasteiger partial charge in [-0.3, -0.25) is 10.9 Å². The molecule has 0 aliphatic carbocycles. The summed E-state index contributed by atoms with van der Waals surface area (Å²) in [5, 5.41) is 0. The first-order valence-corrected chi connectivity index (χ1v) is 6.19. The van der Waals surface area contributed by atoms with E-state index in [2.05, 4.69) is 15.8 Å². The van der Waals surface area contributed by atoms with E-state index in [1.165, 1.54) is 6.07 Å². The zero-order valence-electron chi connectivity index (χ0n) is 8.74. The molecule has 1 aromatic carbocycles. The van der Waals surface area contributed by atoms with Gasteiger partial charge in [-0.1, -0.05) is 0 Å². The highest BCUT2D eigenvalue weighted by Crippen LogP contribution is 2.31. The molecule has 0 spiro atoms. The molecular formula is C9H9F2N3O2S. The smallest absolute Gasteiger partial charge is 0.298 e. The number of aliphatic imine (C=N–C) groups is 1. The molecule has 0 radical (unpaired) electrons. The molecule has 1 aliphatic heterocycles. The molecule has 0 fully saturated rings. The molecule has 2 N–H and O–H groups in total. The van der Waals surface area contributed by atoms with Gasteiger partial charge in [0, 0.05) is 0 Å². The summed E-state index contributed by atoms with van der Waals surface area (Å²) in [6, 6.07) is 3.62. The van der Waals surface area contributed by atoms with Crippen molar-refractivity contribution in [2.24, 2.45) is 4.99 Å². The minimum absolute atomic E-state index is 0.308. The highest BCUT2D eigenvalue weighted by atomic mass is 32.2. The second-order valence-electron chi connectivity index (χ2n) is 3.43. The Morgan fingerprint density at radius 3 is 2.65 bits per heavy atom. The van der Waals surface area contributed by atoms with Crippen molar-refractivity contribution in [3.8, 4) is 0 Å². The van der Waals surface area contributed by atoms with E-state index in [-0.39, 0.29) is 0 Å². The van der Waals surface area contributed by atoms with Crippen molar-refractivity contribution in [1.29, 1.82) is 0 Å². The lowest BCUT2D eigenvalue weighted by Crippen LogP contribution is -2.29. The van der Waals surface area contributed by atoms with Crippen LogP contribution in [0, 0.1) is 0 Å². The Bertz CT molecular complexity index is 584. The van der Waals surface area contributed by atoms with Crippen molar-refractivity contribution >= 4 is 27.0 Å². The Kier molecular flexibility index (Phi) is 2.74. The average Bonchev–Trinajstić information content (AvgIpc) is 2.27. The molecule has 1 aliphatic rings. The lowest BCUT2D eigenvalue weighted by molar-refractivity contribution is 0.235. The number of sulfone groups is 1. The van der Waals surface area contributed by atoms with E-state index in [9.17, 15) is 17.2 Å². The van der Waals surface area contributed by atoms with Gasteiger partial charge in [0.1, 0.15) is 5.84 Å². The number of alkyl halides is 2. The van der Waals surface area contributed by atoms with Crippen LogP contribution in [0.2, 0.25) is 0 Å². The molecule has 0 unspecified atom stereocenters. The van der Waals surface area contributed by atoms with Gasteiger partial charge < -0.3 is 0 Å². The molecule has 8 heteroatoms. The first-order valence-electron chi connectivity index (χ1n) is 4.64. The molecule has 0 aromatic heterocycles. The van der Waals surface area contributed by atoms with Gasteiger partial charge in [0.05, 0.1) is 16.3 Å². The number of rotatable bonds is 2. The maximum Gasteiger partial charge on any atom is 0.341 e. The lowest BCUT2D eigenvalue weighted by Gasteiger charge is -2.17. The minimum atomic E-state index is -4.58. The van der Waals surface area contributed by atoms with Crippen molar-refractivity contribution in [2.45, 2.75) is 17.6 Å². The van der Waals surface area contributed by atoms with Crippen molar-refractivity contribution < 1.29 is 17.2 Å². The highest BCUT2D eigenvalue weighted by Gasteiger charge is 2.27. The molecule has 0 atom stereocenters. The zero-order valence-corrected chi connectivity index (χ0v) is 9.55. The van der Waals surface area contributed by atoms with Gasteiger partial charge >= 0.3 is 5.76 Å². The van der Waals surface area contributed by atoms with Gasteiger partial charge in [-0.05, 0) is 25.1 Å². The lowest BCUT2D eigenvalue weighted by atomic mass is 10.2. The molecule has 0 saturated carbocycles. The van der Waals surface area contributed by atoms with Crippen molar-refractivity contribution in [3.05, 3.63) is 18.2 Å². The predicted octanol–water partition coefficient (Wildman–Crippen LogP) is 1.66. The van der Waals surface area contributed by atoms with Crippen LogP contribution in [0.5, 0.6) is 0 Å². The van der Waals surface area contributed by atoms with E-state index < -0.39 is 20.5 Å². The van der Waals surface area contributed by atoms with Gasteiger partial charge in [0.2, 0.25) is 9.84 Å². The van der Waals surface area contributed by atoms with E-state index >= 15 is 0 Å². The van der Waals surface area contributed by atoms with Gasteiger partial charge in [-0.25, -0.2) is 13.4 Å².